The molecule has 0 fully saturated rings. The van der Waals surface area contributed by atoms with Gasteiger partial charge in [-0.25, -0.2) is 4.68 Å². The Kier molecular flexibility index (Phi) is 5.11. The first-order chi connectivity index (χ1) is 14.2. The number of aromatic nitrogens is 4. The van der Waals surface area contributed by atoms with Gasteiger partial charge in [-0.15, -0.1) is 0 Å². The predicted molar refractivity (Wildman–Crippen MR) is 110 cm³/mol. The molecular formula is C22H20N4O3. The van der Waals surface area contributed by atoms with Gasteiger partial charge in [0.25, 0.3) is 5.43 Å². The molecule has 7 nitrogen and oxygen atoms in total. The van der Waals surface area contributed by atoms with Crippen LogP contribution < -0.4 is 14.9 Å². The second-order valence-corrected chi connectivity index (χ2v) is 6.39. The highest BCUT2D eigenvalue weighted by Gasteiger charge is 2.17. The first-order valence-electron chi connectivity index (χ1n) is 9.08. The zero-order chi connectivity index (χ0) is 20.2. The molecule has 2 heterocycles. The first-order valence-corrected chi connectivity index (χ1v) is 9.08. The van der Waals surface area contributed by atoms with E-state index in [4.69, 9.17) is 9.47 Å². The van der Waals surface area contributed by atoms with E-state index < -0.39 is 0 Å². The second kappa shape index (κ2) is 8.02. The van der Waals surface area contributed by atoms with Crippen molar-refractivity contribution in [1.82, 2.24) is 19.6 Å². The fraction of sp³-hybridized carbons (Fsp3) is 0.136. The summed E-state index contributed by atoms with van der Waals surface area (Å²) < 4.78 is 14.0. The van der Waals surface area contributed by atoms with Gasteiger partial charge >= 0.3 is 0 Å². The zero-order valence-electron chi connectivity index (χ0n) is 16.1. The fourth-order valence-corrected chi connectivity index (χ4v) is 3.12. The summed E-state index contributed by atoms with van der Waals surface area (Å²) in [6.07, 6.45) is 3.25. The lowest BCUT2D eigenvalue weighted by molar-refractivity contribution is 0.401. The van der Waals surface area contributed by atoms with Crippen molar-refractivity contribution in [3.63, 3.8) is 0 Å². The maximum atomic E-state index is 12.9. The van der Waals surface area contributed by atoms with Gasteiger partial charge in [-0.1, -0.05) is 30.3 Å². The van der Waals surface area contributed by atoms with Crippen molar-refractivity contribution in [1.29, 1.82) is 0 Å². The molecule has 0 N–H and O–H groups in total. The topological polar surface area (TPSA) is 71.2 Å². The number of nitrogens with zero attached hydrogens (tertiary/aromatic N) is 4. The summed E-state index contributed by atoms with van der Waals surface area (Å²) >= 11 is 0. The molecule has 29 heavy (non-hydrogen) atoms. The largest absolute Gasteiger partial charge is 0.497 e. The highest BCUT2D eigenvalue weighted by molar-refractivity contribution is 5.58. The molecule has 2 aromatic heterocycles. The number of methoxy groups -OCH3 is 2. The van der Waals surface area contributed by atoms with Crippen LogP contribution in [0.15, 0.2) is 77.9 Å². The van der Waals surface area contributed by atoms with Crippen molar-refractivity contribution >= 4 is 0 Å². The molecule has 0 saturated heterocycles. The molecular weight excluding hydrogens is 368 g/mol. The van der Waals surface area contributed by atoms with Crippen molar-refractivity contribution in [3.05, 3.63) is 88.8 Å². The lowest BCUT2D eigenvalue weighted by Crippen LogP contribution is -2.19. The normalized spacial score (nSPS) is 10.7. The van der Waals surface area contributed by atoms with Crippen LogP contribution >= 0.6 is 0 Å². The van der Waals surface area contributed by atoms with E-state index in [-0.39, 0.29) is 16.9 Å². The molecule has 0 bridgehead atoms. The Balaban J connectivity index is 1.80. The van der Waals surface area contributed by atoms with Crippen LogP contribution in [-0.4, -0.2) is 33.8 Å². The third-order valence-corrected chi connectivity index (χ3v) is 4.52. The summed E-state index contributed by atoms with van der Waals surface area (Å²) in [5.41, 5.74) is 2.42. The van der Waals surface area contributed by atoms with Crippen molar-refractivity contribution in [2.75, 3.05) is 14.2 Å². The average molecular weight is 388 g/mol. The van der Waals surface area contributed by atoms with Crippen molar-refractivity contribution in [3.8, 4) is 28.6 Å². The van der Waals surface area contributed by atoms with E-state index >= 15 is 0 Å². The Morgan fingerprint density at radius 1 is 0.966 bits per heavy atom. The van der Waals surface area contributed by atoms with Crippen molar-refractivity contribution in [2.45, 2.75) is 6.54 Å². The lowest BCUT2D eigenvalue weighted by Gasteiger charge is -2.12. The standard InChI is InChI=1S/C22H20N4O3/c1-28-18-10-6-7-16(13-18)14-25-15-20(29-2)22(27)21(24-25)19-11-12-23-26(19)17-8-4-3-5-9-17/h3-13,15H,14H2,1-2H3. The van der Waals surface area contributed by atoms with E-state index in [9.17, 15) is 4.79 Å². The van der Waals surface area contributed by atoms with Crippen LogP contribution in [0.25, 0.3) is 17.1 Å². The number of rotatable bonds is 6. The summed E-state index contributed by atoms with van der Waals surface area (Å²) in [6, 6.07) is 19.1. The maximum absolute atomic E-state index is 12.9. The number of hydrogen-bond donors (Lipinski definition) is 0. The Morgan fingerprint density at radius 2 is 1.79 bits per heavy atom. The predicted octanol–water partition coefficient (Wildman–Crippen LogP) is 3.16. The van der Waals surface area contributed by atoms with Crippen molar-refractivity contribution < 1.29 is 9.47 Å². The van der Waals surface area contributed by atoms with Gasteiger partial charge in [0.15, 0.2) is 11.4 Å². The molecule has 0 atom stereocenters. The van der Waals surface area contributed by atoms with E-state index in [0.717, 1.165) is 17.0 Å². The molecule has 0 spiro atoms. The lowest BCUT2D eigenvalue weighted by atomic mass is 10.2. The highest BCUT2D eigenvalue weighted by Crippen LogP contribution is 2.20. The van der Waals surface area contributed by atoms with Gasteiger partial charge in [0.2, 0.25) is 0 Å². The number of para-hydroxylation sites is 1. The molecule has 0 aliphatic rings. The number of ether oxygens (including phenoxy) is 2. The van der Waals surface area contributed by atoms with Crippen molar-refractivity contribution in [2.24, 2.45) is 0 Å². The van der Waals surface area contributed by atoms with Crippen LogP contribution in [0, 0.1) is 0 Å². The van der Waals surface area contributed by atoms with E-state index in [2.05, 4.69) is 10.2 Å². The zero-order valence-corrected chi connectivity index (χ0v) is 16.1. The summed E-state index contributed by atoms with van der Waals surface area (Å²) in [6.45, 7) is 0.459. The maximum Gasteiger partial charge on any atom is 0.251 e. The third kappa shape index (κ3) is 3.75. The van der Waals surface area contributed by atoms with Gasteiger partial charge in [0, 0.05) is 0 Å². The molecule has 4 rings (SSSR count). The summed E-state index contributed by atoms with van der Waals surface area (Å²) in [5.74, 6) is 0.983. The quantitative estimate of drug-likeness (QED) is 0.507. The van der Waals surface area contributed by atoms with E-state index in [1.54, 1.807) is 34.9 Å². The third-order valence-electron chi connectivity index (χ3n) is 4.52. The summed E-state index contributed by atoms with van der Waals surface area (Å²) in [4.78, 5) is 12.9. The molecule has 0 radical (unpaired) electrons. The van der Waals surface area contributed by atoms with Gasteiger partial charge in [0.1, 0.15) is 5.75 Å². The molecule has 0 aliphatic heterocycles. The molecule has 0 unspecified atom stereocenters. The summed E-state index contributed by atoms with van der Waals surface area (Å²) in [5, 5.41) is 8.95. The fourth-order valence-electron chi connectivity index (χ4n) is 3.12. The number of hydrogen-bond acceptors (Lipinski definition) is 5. The van der Waals surface area contributed by atoms with Gasteiger partial charge in [0.05, 0.1) is 44.5 Å². The highest BCUT2D eigenvalue weighted by atomic mass is 16.5. The van der Waals surface area contributed by atoms with E-state index in [0.29, 0.717) is 12.2 Å². The molecule has 0 saturated carbocycles. The monoisotopic (exact) mass is 388 g/mol. The first kappa shape index (κ1) is 18.5. The Morgan fingerprint density at radius 3 is 2.55 bits per heavy atom. The van der Waals surface area contributed by atoms with Crippen LogP contribution in [-0.2, 0) is 6.54 Å². The van der Waals surface area contributed by atoms with Crippen LogP contribution in [0.2, 0.25) is 0 Å². The van der Waals surface area contributed by atoms with Gasteiger partial charge in [-0.2, -0.15) is 10.2 Å². The molecule has 4 aromatic rings. The molecule has 2 aromatic carbocycles. The molecule has 0 amide bonds. The van der Waals surface area contributed by atoms with Crippen LogP contribution in [0.1, 0.15) is 5.56 Å². The SMILES string of the molecule is COc1cccc(Cn2cc(OC)c(=O)c(-c3ccnn3-c3ccccc3)n2)c1. The second-order valence-electron chi connectivity index (χ2n) is 6.39. The van der Waals surface area contributed by atoms with Crippen LogP contribution in [0.3, 0.4) is 0 Å². The van der Waals surface area contributed by atoms with Crippen LogP contribution in [0.4, 0.5) is 0 Å². The number of benzene rings is 2. The summed E-state index contributed by atoms with van der Waals surface area (Å²) in [7, 11) is 3.10. The average Bonchev–Trinajstić information content (AvgIpc) is 3.25. The van der Waals surface area contributed by atoms with Gasteiger partial charge < -0.3 is 9.47 Å². The molecule has 0 aliphatic carbocycles. The smallest absolute Gasteiger partial charge is 0.251 e. The minimum absolute atomic E-state index is 0.221. The Bertz CT molecular complexity index is 1180. The van der Waals surface area contributed by atoms with Gasteiger partial charge in [-0.3, -0.25) is 9.48 Å². The van der Waals surface area contributed by atoms with E-state index in [1.165, 1.54) is 7.11 Å². The molecule has 7 heteroatoms. The van der Waals surface area contributed by atoms with Gasteiger partial charge in [-0.05, 0) is 35.9 Å². The molecule has 146 valence electrons. The Hall–Kier alpha value is -3.87. The Labute approximate surface area is 167 Å². The van der Waals surface area contributed by atoms with E-state index in [1.807, 2.05) is 54.6 Å². The minimum atomic E-state index is -0.285. The van der Waals surface area contributed by atoms with Crippen LogP contribution in [0.5, 0.6) is 11.5 Å². The minimum Gasteiger partial charge on any atom is -0.497 e.